The van der Waals surface area contributed by atoms with Crippen molar-refractivity contribution in [1.29, 1.82) is 0 Å². The van der Waals surface area contributed by atoms with Gasteiger partial charge in [0.15, 0.2) is 0 Å². The molecule has 0 saturated heterocycles. The van der Waals surface area contributed by atoms with Gasteiger partial charge in [0, 0.05) is 10.7 Å². The maximum Gasteiger partial charge on any atom is 0.231 e. The van der Waals surface area contributed by atoms with Gasteiger partial charge in [-0.1, -0.05) is 0 Å². The van der Waals surface area contributed by atoms with Crippen LogP contribution in [0.25, 0.3) is 10.4 Å². The van der Waals surface area contributed by atoms with Crippen molar-refractivity contribution in [1.82, 2.24) is 9.61 Å². The molecular formula is C8H4BrN3. The molecule has 0 aliphatic heterocycles. The molecule has 2 rings (SSSR count). The van der Waals surface area contributed by atoms with Gasteiger partial charge >= 0.3 is 0 Å². The number of fused-ring (bicyclic) bond motifs is 1. The van der Waals surface area contributed by atoms with Gasteiger partial charge in [-0.2, -0.15) is 5.10 Å². The van der Waals surface area contributed by atoms with Crippen LogP contribution in [-0.2, 0) is 0 Å². The minimum atomic E-state index is 0.586. The summed E-state index contributed by atoms with van der Waals surface area (Å²) >= 11 is 3.33. The van der Waals surface area contributed by atoms with Gasteiger partial charge in [-0.05, 0) is 28.1 Å². The first kappa shape index (κ1) is 7.32. The Hall–Kier alpha value is -1.34. The third kappa shape index (κ3) is 0.990. The number of pyridine rings is 1. The topological polar surface area (TPSA) is 21.7 Å². The summed E-state index contributed by atoms with van der Waals surface area (Å²) in [6.45, 7) is 6.86. The predicted octanol–water partition coefficient (Wildman–Crippen LogP) is 2.65. The molecule has 2 aromatic heterocycles. The molecule has 0 fully saturated rings. The van der Waals surface area contributed by atoms with Crippen LogP contribution < -0.4 is 0 Å². The quantitative estimate of drug-likeness (QED) is 0.628. The number of rotatable bonds is 0. The van der Waals surface area contributed by atoms with E-state index in [1.54, 1.807) is 10.7 Å². The van der Waals surface area contributed by atoms with Gasteiger partial charge in [0.2, 0.25) is 5.69 Å². The molecule has 4 heteroatoms. The molecule has 0 unspecified atom stereocenters. The zero-order valence-electron chi connectivity index (χ0n) is 6.03. The Morgan fingerprint density at radius 2 is 2.33 bits per heavy atom. The molecule has 0 saturated carbocycles. The van der Waals surface area contributed by atoms with Crippen molar-refractivity contribution < 1.29 is 0 Å². The van der Waals surface area contributed by atoms with Crippen LogP contribution in [0.2, 0.25) is 0 Å². The molecule has 0 atom stereocenters. The molecule has 0 aliphatic rings. The summed E-state index contributed by atoms with van der Waals surface area (Å²) in [5.74, 6) is 0. The molecule has 0 aromatic carbocycles. The van der Waals surface area contributed by atoms with Crippen molar-refractivity contribution in [3.63, 3.8) is 0 Å². The minimum Gasteiger partial charge on any atom is -0.252 e. The fraction of sp³-hybridized carbons (Fsp3) is 0. The Morgan fingerprint density at radius 1 is 1.50 bits per heavy atom. The average molecular weight is 222 g/mol. The molecule has 12 heavy (non-hydrogen) atoms. The Bertz CT molecular complexity index is 467. The van der Waals surface area contributed by atoms with Crippen LogP contribution in [-0.4, -0.2) is 9.61 Å². The summed E-state index contributed by atoms with van der Waals surface area (Å²) in [5, 5.41) is 4.02. The SMILES string of the molecule is [C-]#[N+]c1cnn2cc(Br)ccc12. The molecule has 2 heterocycles. The first-order chi connectivity index (χ1) is 5.81. The molecule has 0 N–H and O–H groups in total. The smallest absolute Gasteiger partial charge is 0.231 e. The summed E-state index contributed by atoms with van der Waals surface area (Å²) < 4.78 is 2.63. The number of nitrogens with zero attached hydrogens (tertiary/aromatic N) is 3. The number of hydrogen-bond donors (Lipinski definition) is 0. The first-order valence-corrected chi connectivity index (χ1v) is 4.11. The second-order valence-corrected chi connectivity index (χ2v) is 3.23. The summed E-state index contributed by atoms with van der Waals surface area (Å²) in [6, 6.07) is 3.76. The fourth-order valence-electron chi connectivity index (χ4n) is 1.03. The van der Waals surface area contributed by atoms with E-state index in [1.807, 2.05) is 18.3 Å². The maximum absolute atomic E-state index is 6.86. The van der Waals surface area contributed by atoms with Gasteiger partial charge in [-0.3, -0.25) is 4.52 Å². The number of hydrogen-bond acceptors (Lipinski definition) is 1. The van der Waals surface area contributed by atoms with Crippen molar-refractivity contribution in [3.8, 4) is 0 Å². The van der Waals surface area contributed by atoms with Gasteiger partial charge in [0.05, 0.1) is 18.3 Å². The fourth-order valence-corrected chi connectivity index (χ4v) is 1.36. The van der Waals surface area contributed by atoms with E-state index in [0.29, 0.717) is 5.69 Å². The van der Waals surface area contributed by atoms with Crippen LogP contribution >= 0.6 is 15.9 Å². The lowest BCUT2D eigenvalue weighted by Gasteiger charge is -1.93. The van der Waals surface area contributed by atoms with E-state index < -0.39 is 0 Å². The highest BCUT2D eigenvalue weighted by atomic mass is 79.9. The Balaban J connectivity index is 2.84. The second kappa shape index (κ2) is 2.61. The van der Waals surface area contributed by atoms with Crippen LogP contribution in [0, 0.1) is 6.57 Å². The summed E-state index contributed by atoms with van der Waals surface area (Å²) in [6.07, 6.45) is 3.39. The number of aromatic nitrogens is 2. The van der Waals surface area contributed by atoms with Gasteiger partial charge in [-0.25, -0.2) is 4.85 Å². The van der Waals surface area contributed by atoms with E-state index in [9.17, 15) is 0 Å². The lowest BCUT2D eigenvalue weighted by Crippen LogP contribution is -1.83. The van der Waals surface area contributed by atoms with Crippen LogP contribution in [0.3, 0.4) is 0 Å². The van der Waals surface area contributed by atoms with Crippen molar-refractivity contribution in [2.24, 2.45) is 0 Å². The summed E-state index contributed by atoms with van der Waals surface area (Å²) in [5.41, 5.74) is 1.43. The molecule has 0 spiro atoms. The van der Waals surface area contributed by atoms with Crippen LogP contribution in [0.4, 0.5) is 5.69 Å². The molecule has 0 amide bonds. The maximum atomic E-state index is 6.86. The zero-order valence-corrected chi connectivity index (χ0v) is 7.62. The molecule has 3 nitrogen and oxygen atoms in total. The standard InChI is InChI=1S/C8H4BrN3/c1-10-7-4-11-12-5-6(9)2-3-8(7)12/h2-5H. The molecule has 0 radical (unpaired) electrons. The first-order valence-electron chi connectivity index (χ1n) is 3.31. The third-order valence-electron chi connectivity index (χ3n) is 1.58. The van der Waals surface area contributed by atoms with Crippen molar-refractivity contribution in [2.45, 2.75) is 0 Å². The van der Waals surface area contributed by atoms with Crippen LogP contribution in [0.5, 0.6) is 0 Å². The van der Waals surface area contributed by atoms with E-state index in [2.05, 4.69) is 25.9 Å². The Kier molecular flexibility index (Phi) is 1.59. The minimum absolute atomic E-state index is 0.586. The van der Waals surface area contributed by atoms with Crippen molar-refractivity contribution >= 4 is 27.1 Å². The number of halogens is 1. The van der Waals surface area contributed by atoms with Gasteiger partial charge in [-0.15, -0.1) is 0 Å². The van der Waals surface area contributed by atoms with Crippen LogP contribution in [0.15, 0.2) is 29.0 Å². The zero-order chi connectivity index (χ0) is 8.55. The third-order valence-corrected chi connectivity index (χ3v) is 2.05. The van der Waals surface area contributed by atoms with Crippen molar-refractivity contribution in [3.05, 3.63) is 40.4 Å². The second-order valence-electron chi connectivity index (χ2n) is 2.32. The van der Waals surface area contributed by atoms with E-state index >= 15 is 0 Å². The van der Waals surface area contributed by atoms with Gasteiger partial charge in [0.1, 0.15) is 0 Å². The molecule has 2 aromatic rings. The normalized spacial score (nSPS) is 10.0. The van der Waals surface area contributed by atoms with E-state index in [1.165, 1.54) is 0 Å². The largest absolute Gasteiger partial charge is 0.252 e. The van der Waals surface area contributed by atoms with Crippen molar-refractivity contribution in [2.75, 3.05) is 0 Å². The van der Waals surface area contributed by atoms with Crippen LogP contribution in [0.1, 0.15) is 0 Å². The van der Waals surface area contributed by atoms with E-state index in [-0.39, 0.29) is 0 Å². The summed E-state index contributed by atoms with van der Waals surface area (Å²) in [7, 11) is 0. The lowest BCUT2D eigenvalue weighted by molar-refractivity contribution is 0.956. The molecular weight excluding hydrogens is 218 g/mol. The Morgan fingerprint density at radius 3 is 3.08 bits per heavy atom. The van der Waals surface area contributed by atoms with E-state index in [0.717, 1.165) is 9.99 Å². The average Bonchev–Trinajstić information content (AvgIpc) is 2.46. The highest BCUT2D eigenvalue weighted by Gasteiger charge is 2.01. The highest BCUT2D eigenvalue weighted by Crippen LogP contribution is 2.21. The van der Waals surface area contributed by atoms with Gasteiger partial charge in [0.25, 0.3) is 0 Å². The van der Waals surface area contributed by atoms with Gasteiger partial charge < -0.3 is 0 Å². The lowest BCUT2D eigenvalue weighted by atomic mass is 10.4. The molecule has 0 aliphatic carbocycles. The monoisotopic (exact) mass is 221 g/mol. The molecule has 58 valence electrons. The predicted molar refractivity (Wildman–Crippen MR) is 49.2 cm³/mol. The highest BCUT2D eigenvalue weighted by molar-refractivity contribution is 9.10. The molecule has 0 bridgehead atoms. The summed E-state index contributed by atoms with van der Waals surface area (Å²) in [4.78, 5) is 3.34. The van der Waals surface area contributed by atoms with E-state index in [4.69, 9.17) is 6.57 Å². The Labute approximate surface area is 77.6 Å².